The number of nitrogens with zero attached hydrogens (tertiary/aromatic N) is 1. The Morgan fingerprint density at radius 2 is 1.82 bits per heavy atom. The van der Waals surface area contributed by atoms with E-state index in [1.807, 2.05) is 32.0 Å². The minimum absolute atomic E-state index is 0.267. The van der Waals surface area contributed by atoms with Gasteiger partial charge in [0.25, 0.3) is 0 Å². The van der Waals surface area contributed by atoms with Gasteiger partial charge in [-0.3, -0.25) is 0 Å². The molecular weight excluding hydrogens is 214 g/mol. The number of rotatable bonds is 5. The summed E-state index contributed by atoms with van der Waals surface area (Å²) in [5, 5.41) is 9.18. The topological polar surface area (TPSA) is 42.2 Å². The fourth-order valence-electron chi connectivity index (χ4n) is 1.94. The van der Waals surface area contributed by atoms with Crippen molar-refractivity contribution in [3.8, 4) is 17.6 Å². The van der Waals surface area contributed by atoms with Crippen LogP contribution in [0.1, 0.15) is 32.3 Å². The molecule has 1 aromatic carbocycles. The molecule has 0 atom stereocenters. The predicted octanol–water partition coefficient (Wildman–Crippen LogP) is 3.04. The maximum Gasteiger partial charge on any atom is 0.161 e. The first-order valence-corrected chi connectivity index (χ1v) is 6.07. The van der Waals surface area contributed by atoms with Gasteiger partial charge in [0.15, 0.2) is 11.5 Å². The number of ether oxygens (including phenoxy) is 2. The molecule has 0 N–H and O–H groups in total. The lowest BCUT2D eigenvalue weighted by Crippen LogP contribution is -2.05. The Balaban J connectivity index is 2.32. The Hall–Kier alpha value is -1.69. The van der Waals surface area contributed by atoms with Gasteiger partial charge < -0.3 is 9.47 Å². The van der Waals surface area contributed by atoms with Gasteiger partial charge in [-0.05, 0) is 44.4 Å². The predicted molar refractivity (Wildman–Crippen MR) is 65.3 cm³/mol. The van der Waals surface area contributed by atoms with Crippen LogP contribution in [0.5, 0.6) is 11.5 Å². The molecule has 0 aromatic heterocycles. The molecule has 0 bridgehead atoms. The highest BCUT2D eigenvalue weighted by Gasteiger charge is 2.45. The third kappa shape index (κ3) is 2.21. The second kappa shape index (κ2) is 4.67. The minimum Gasteiger partial charge on any atom is -0.490 e. The van der Waals surface area contributed by atoms with E-state index < -0.39 is 0 Å². The summed E-state index contributed by atoms with van der Waals surface area (Å²) in [6, 6.07) is 8.22. The van der Waals surface area contributed by atoms with Gasteiger partial charge in [-0.15, -0.1) is 0 Å². The van der Waals surface area contributed by atoms with Crippen molar-refractivity contribution in [1.82, 2.24) is 0 Å². The summed E-state index contributed by atoms with van der Waals surface area (Å²) in [6.45, 7) is 5.10. The standard InChI is InChI=1S/C14H17NO2/c1-3-16-12-6-5-11(9-13(12)17-4-2)14(10-15)7-8-14/h5-6,9H,3-4,7-8H2,1-2H3. The van der Waals surface area contributed by atoms with E-state index in [-0.39, 0.29) is 5.41 Å². The van der Waals surface area contributed by atoms with Gasteiger partial charge in [-0.25, -0.2) is 0 Å². The van der Waals surface area contributed by atoms with Gasteiger partial charge in [0.05, 0.1) is 24.7 Å². The molecule has 2 rings (SSSR count). The second-order valence-corrected chi connectivity index (χ2v) is 4.22. The van der Waals surface area contributed by atoms with Crippen LogP contribution < -0.4 is 9.47 Å². The molecule has 17 heavy (non-hydrogen) atoms. The van der Waals surface area contributed by atoms with E-state index >= 15 is 0 Å². The normalized spacial score (nSPS) is 16.1. The maximum absolute atomic E-state index is 9.18. The number of benzene rings is 1. The molecule has 0 heterocycles. The Morgan fingerprint density at radius 3 is 2.35 bits per heavy atom. The Bertz CT molecular complexity index is 444. The third-order valence-corrected chi connectivity index (χ3v) is 3.06. The van der Waals surface area contributed by atoms with Crippen LogP contribution in [0.3, 0.4) is 0 Å². The molecule has 1 fully saturated rings. The van der Waals surface area contributed by atoms with E-state index in [2.05, 4.69) is 6.07 Å². The summed E-state index contributed by atoms with van der Waals surface area (Å²) in [5.74, 6) is 1.50. The SMILES string of the molecule is CCOc1ccc(C2(C#N)CC2)cc1OCC. The molecular formula is C14H17NO2. The summed E-state index contributed by atoms with van der Waals surface area (Å²) >= 11 is 0. The lowest BCUT2D eigenvalue weighted by atomic mass is 9.97. The molecule has 0 spiro atoms. The average Bonchev–Trinajstić information content (AvgIpc) is 3.13. The van der Waals surface area contributed by atoms with Crippen molar-refractivity contribution in [2.24, 2.45) is 0 Å². The van der Waals surface area contributed by atoms with Crippen LogP contribution in [0.15, 0.2) is 18.2 Å². The number of nitriles is 1. The molecule has 90 valence electrons. The molecule has 0 amide bonds. The van der Waals surface area contributed by atoms with Crippen molar-refractivity contribution in [2.45, 2.75) is 32.1 Å². The first-order valence-electron chi connectivity index (χ1n) is 6.07. The van der Waals surface area contributed by atoms with Gasteiger partial charge in [-0.2, -0.15) is 5.26 Å². The zero-order chi connectivity index (χ0) is 12.3. The van der Waals surface area contributed by atoms with Crippen LogP contribution in [-0.4, -0.2) is 13.2 Å². The van der Waals surface area contributed by atoms with E-state index in [1.54, 1.807) is 0 Å². The van der Waals surface area contributed by atoms with Crippen molar-refractivity contribution in [3.05, 3.63) is 23.8 Å². The van der Waals surface area contributed by atoms with Gasteiger partial charge in [0.1, 0.15) is 0 Å². The molecule has 3 heteroatoms. The fourth-order valence-corrected chi connectivity index (χ4v) is 1.94. The van der Waals surface area contributed by atoms with E-state index in [0.717, 1.165) is 29.9 Å². The molecule has 1 aliphatic carbocycles. The van der Waals surface area contributed by atoms with Crippen LogP contribution in [0.2, 0.25) is 0 Å². The smallest absolute Gasteiger partial charge is 0.161 e. The Labute approximate surface area is 102 Å². The quantitative estimate of drug-likeness (QED) is 0.782. The van der Waals surface area contributed by atoms with E-state index in [0.29, 0.717) is 13.2 Å². The summed E-state index contributed by atoms with van der Waals surface area (Å²) in [5.41, 5.74) is 0.781. The number of hydrogen-bond donors (Lipinski definition) is 0. The molecule has 0 aliphatic heterocycles. The minimum atomic E-state index is -0.267. The summed E-state index contributed by atoms with van der Waals surface area (Å²) in [6.07, 6.45) is 1.89. The summed E-state index contributed by atoms with van der Waals surface area (Å²) < 4.78 is 11.1. The zero-order valence-electron chi connectivity index (χ0n) is 10.3. The lowest BCUT2D eigenvalue weighted by molar-refractivity contribution is 0.287. The van der Waals surface area contributed by atoms with Gasteiger partial charge in [0, 0.05) is 0 Å². The largest absolute Gasteiger partial charge is 0.490 e. The molecule has 0 radical (unpaired) electrons. The van der Waals surface area contributed by atoms with Crippen LogP contribution >= 0.6 is 0 Å². The molecule has 0 saturated heterocycles. The zero-order valence-corrected chi connectivity index (χ0v) is 10.3. The Kier molecular flexibility index (Phi) is 3.23. The maximum atomic E-state index is 9.18. The van der Waals surface area contributed by atoms with Crippen LogP contribution in [0.4, 0.5) is 0 Å². The molecule has 1 aliphatic rings. The van der Waals surface area contributed by atoms with Crippen molar-refractivity contribution in [1.29, 1.82) is 5.26 Å². The van der Waals surface area contributed by atoms with E-state index in [4.69, 9.17) is 9.47 Å². The lowest BCUT2D eigenvalue weighted by Gasteiger charge is -2.14. The van der Waals surface area contributed by atoms with E-state index in [1.165, 1.54) is 0 Å². The summed E-state index contributed by atoms with van der Waals surface area (Å²) in [7, 11) is 0. The van der Waals surface area contributed by atoms with Crippen LogP contribution in [0.25, 0.3) is 0 Å². The fraction of sp³-hybridized carbons (Fsp3) is 0.500. The van der Waals surface area contributed by atoms with Crippen molar-refractivity contribution in [2.75, 3.05) is 13.2 Å². The average molecular weight is 231 g/mol. The highest BCUT2D eigenvalue weighted by molar-refractivity contribution is 5.49. The third-order valence-electron chi connectivity index (χ3n) is 3.06. The highest BCUT2D eigenvalue weighted by atomic mass is 16.5. The first-order chi connectivity index (χ1) is 8.25. The van der Waals surface area contributed by atoms with Crippen molar-refractivity contribution >= 4 is 0 Å². The molecule has 0 unspecified atom stereocenters. The molecule has 3 nitrogen and oxygen atoms in total. The number of hydrogen-bond acceptors (Lipinski definition) is 3. The van der Waals surface area contributed by atoms with Crippen molar-refractivity contribution in [3.63, 3.8) is 0 Å². The van der Waals surface area contributed by atoms with Crippen molar-refractivity contribution < 1.29 is 9.47 Å². The Morgan fingerprint density at radius 1 is 1.18 bits per heavy atom. The van der Waals surface area contributed by atoms with Crippen LogP contribution in [0, 0.1) is 11.3 Å². The van der Waals surface area contributed by atoms with Crippen LogP contribution in [-0.2, 0) is 5.41 Å². The molecule has 1 aromatic rings. The van der Waals surface area contributed by atoms with Gasteiger partial charge >= 0.3 is 0 Å². The van der Waals surface area contributed by atoms with Gasteiger partial charge in [-0.1, -0.05) is 6.07 Å². The van der Waals surface area contributed by atoms with Gasteiger partial charge in [0.2, 0.25) is 0 Å². The summed E-state index contributed by atoms with van der Waals surface area (Å²) in [4.78, 5) is 0. The second-order valence-electron chi connectivity index (χ2n) is 4.22. The monoisotopic (exact) mass is 231 g/mol. The highest BCUT2D eigenvalue weighted by Crippen LogP contribution is 2.49. The molecule has 1 saturated carbocycles. The first kappa shape index (κ1) is 11.8. The van der Waals surface area contributed by atoms with E-state index in [9.17, 15) is 5.26 Å².